The van der Waals surface area contributed by atoms with E-state index in [1.807, 2.05) is 27.7 Å². The van der Waals surface area contributed by atoms with Crippen LogP contribution in [-0.4, -0.2) is 68.1 Å². The van der Waals surface area contributed by atoms with Crippen LogP contribution in [0.25, 0.3) is 0 Å². The monoisotopic (exact) mass is 301 g/mol. The fourth-order valence-electron chi connectivity index (χ4n) is 2.15. The molecule has 2 atom stereocenters. The van der Waals surface area contributed by atoms with Crippen molar-refractivity contribution in [3.05, 3.63) is 0 Å². The van der Waals surface area contributed by atoms with Crippen molar-refractivity contribution < 1.29 is 14.3 Å². The average Bonchev–Trinajstić information content (AvgIpc) is 2.41. The third kappa shape index (κ3) is 8.24. The Morgan fingerprint density at radius 1 is 1.48 bits per heavy atom. The second-order valence-corrected chi connectivity index (χ2v) is 6.58. The van der Waals surface area contributed by atoms with Gasteiger partial charge in [0, 0.05) is 32.2 Å². The molecule has 1 fully saturated rings. The topological polar surface area (TPSA) is 62.8 Å². The van der Waals surface area contributed by atoms with Crippen molar-refractivity contribution >= 4 is 6.09 Å². The second kappa shape index (κ2) is 8.56. The number of ether oxygens (including phenoxy) is 2. The molecule has 1 aliphatic heterocycles. The number of rotatable bonds is 6. The Morgan fingerprint density at radius 2 is 2.19 bits per heavy atom. The van der Waals surface area contributed by atoms with E-state index in [-0.39, 0.29) is 18.2 Å². The Balaban J connectivity index is 2.16. The normalized spacial score (nSPS) is 21.9. The van der Waals surface area contributed by atoms with Crippen molar-refractivity contribution in [2.45, 2.75) is 52.4 Å². The predicted octanol–water partition coefficient (Wildman–Crippen LogP) is 1.21. The highest BCUT2D eigenvalue weighted by Gasteiger charge is 2.20. The Morgan fingerprint density at radius 3 is 2.81 bits per heavy atom. The Kier molecular flexibility index (Phi) is 7.42. The minimum atomic E-state index is -0.458. The highest BCUT2D eigenvalue weighted by molar-refractivity contribution is 5.67. The fraction of sp³-hybridized carbons (Fsp3) is 0.933. The van der Waals surface area contributed by atoms with Crippen LogP contribution in [0.4, 0.5) is 4.79 Å². The molecule has 1 saturated heterocycles. The minimum Gasteiger partial charge on any atom is -0.444 e. The van der Waals surface area contributed by atoms with Gasteiger partial charge in [0.1, 0.15) is 5.60 Å². The third-order valence-corrected chi connectivity index (χ3v) is 3.32. The van der Waals surface area contributed by atoms with E-state index in [1.165, 1.54) is 0 Å². The van der Waals surface area contributed by atoms with E-state index in [0.717, 1.165) is 32.8 Å². The van der Waals surface area contributed by atoms with Crippen molar-refractivity contribution in [3.8, 4) is 0 Å². The molecule has 0 aromatic carbocycles. The van der Waals surface area contributed by atoms with Gasteiger partial charge in [-0.05, 0) is 34.2 Å². The van der Waals surface area contributed by atoms with Crippen LogP contribution in [0.3, 0.4) is 0 Å². The van der Waals surface area contributed by atoms with E-state index >= 15 is 0 Å². The lowest BCUT2D eigenvalue weighted by atomic mass is 10.2. The summed E-state index contributed by atoms with van der Waals surface area (Å²) in [6.07, 6.45) is -0.148. The lowest BCUT2D eigenvalue weighted by molar-refractivity contribution is -0.0261. The summed E-state index contributed by atoms with van der Waals surface area (Å²) < 4.78 is 10.9. The van der Waals surface area contributed by atoms with Crippen LogP contribution < -0.4 is 10.6 Å². The van der Waals surface area contributed by atoms with Gasteiger partial charge in [0.25, 0.3) is 0 Å². The Hall–Kier alpha value is -0.850. The molecule has 6 heteroatoms. The molecule has 1 heterocycles. The van der Waals surface area contributed by atoms with Crippen molar-refractivity contribution in [1.82, 2.24) is 15.5 Å². The zero-order valence-electron chi connectivity index (χ0n) is 14.1. The highest BCUT2D eigenvalue weighted by atomic mass is 16.6. The summed E-state index contributed by atoms with van der Waals surface area (Å²) in [6.45, 7) is 15.0. The van der Waals surface area contributed by atoms with Crippen molar-refractivity contribution in [3.63, 3.8) is 0 Å². The summed E-state index contributed by atoms with van der Waals surface area (Å²) in [5.41, 5.74) is -0.458. The van der Waals surface area contributed by atoms with Crippen LogP contribution in [0.2, 0.25) is 0 Å². The molecule has 124 valence electrons. The van der Waals surface area contributed by atoms with Gasteiger partial charge >= 0.3 is 6.09 Å². The molecule has 1 rings (SSSR count). The standard InChI is InChI=1S/C15H31N3O3/c1-6-18-7-8-20-13(11-18)10-16-12(2)9-17-14(19)21-15(3,4)5/h12-13,16H,6-11H2,1-5H3,(H,17,19). The number of nitrogens with zero attached hydrogens (tertiary/aromatic N) is 1. The van der Waals surface area contributed by atoms with E-state index in [9.17, 15) is 4.79 Å². The van der Waals surface area contributed by atoms with Gasteiger partial charge in [-0.3, -0.25) is 4.90 Å². The van der Waals surface area contributed by atoms with Gasteiger partial charge in [-0.15, -0.1) is 0 Å². The zero-order valence-corrected chi connectivity index (χ0v) is 14.1. The molecular formula is C15H31N3O3. The van der Waals surface area contributed by atoms with Crippen LogP contribution in [0.15, 0.2) is 0 Å². The van der Waals surface area contributed by atoms with Gasteiger partial charge in [0.2, 0.25) is 0 Å². The first kappa shape index (κ1) is 18.2. The number of carbonyl (C=O) groups excluding carboxylic acids is 1. The zero-order chi connectivity index (χ0) is 15.9. The Bertz CT molecular complexity index is 318. The first-order valence-electron chi connectivity index (χ1n) is 7.84. The quantitative estimate of drug-likeness (QED) is 0.772. The van der Waals surface area contributed by atoms with Crippen LogP contribution >= 0.6 is 0 Å². The number of nitrogens with one attached hydrogen (secondary N) is 2. The number of hydrogen-bond acceptors (Lipinski definition) is 5. The maximum atomic E-state index is 11.6. The summed E-state index contributed by atoms with van der Waals surface area (Å²) in [6, 6.07) is 0.179. The van der Waals surface area contributed by atoms with E-state index in [1.54, 1.807) is 0 Å². The van der Waals surface area contributed by atoms with Crippen molar-refractivity contribution in [1.29, 1.82) is 0 Å². The van der Waals surface area contributed by atoms with Gasteiger partial charge in [0.15, 0.2) is 0 Å². The largest absolute Gasteiger partial charge is 0.444 e. The lowest BCUT2D eigenvalue weighted by Crippen LogP contribution is -2.49. The summed E-state index contributed by atoms with van der Waals surface area (Å²) >= 11 is 0. The summed E-state index contributed by atoms with van der Waals surface area (Å²) in [5.74, 6) is 0. The smallest absolute Gasteiger partial charge is 0.407 e. The molecule has 0 aliphatic carbocycles. The molecule has 2 N–H and O–H groups in total. The van der Waals surface area contributed by atoms with E-state index in [4.69, 9.17) is 9.47 Å². The fourth-order valence-corrected chi connectivity index (χ4v) is 2.15. The molecule has 1 aliphatic rings. The maximum absolute atomic E-state index is 11.6. The van der Waals surface area contributed by atoms with Crippen LogP contribution in [0.1, 0.15) is 34.6 Å². The third-order valence-electron chi connectivity index (χ3n) is 3.32. The average molecular weight is 301 g/mol. The minimum absolute atomic E-state index is 0.179. The molecule has 6 nitrogen and oxygen atoms in total. The van der Waals surface area contributed by atoms with Crippen LogP contribution in [-0.2, 0) is 9.47 Å². The molecule has 0 aromatic rings. The maximum Gasteiger partial charge on any atom is 0.407 e. The molecule has 0 aromatic heterocycles. The molecule has 21 heavy (non-hydrogen) atoms. The molecule has 0 saturated carbocycles. The number of morpholine rings is 1. The van der Waals surface area contributed by atoms with Crippen LogP contribution in [0, 0.1) is 0 Å². The van der Waals surface area contributed by atoms with Gasteiger partial charge < -0.3 is 20.1 Å². The molecular weight excluding hydrogens is 270 g/mol. The molecule has 0 spiro atoms. The summed E-state index contributed by atoms with van der Waals surface area (Å²) in [4.78, 5) is 13.9. The molecule has 0 bridgehead atoms. The summed E-state index contributed by atoms with van der Waals surface area (Å²) in [5, 5.41) is 6.16. The Labute approximate surface area is 128 Å². The SMILES string of the molecule is CCN1CCOC(CNC(C)CNC(=O)OC(C)(C)C)C1. The molecule has 1 amide bonds. The number of carbonyl (C=O) groups is 1. The number of hydrogen-bond donors (Lipinski definition) is 2. The predicted molar refractivity (Wildman–Crippen MR) is 83.6 cm³/mol. The number of amides is 1. The van der Waals surface area contributed by atoms with E-state index < -0.39 is 5.60 Å². The van der Waals surface area contributed by atoms with E-state index in [0.29, 0.717) is 6.54 Å². The van der Waals surface area contributed by atoms with Gasteiger partial charge in [-0.2, -0.15) is 0 Å². The first-order chi connectivity index (χ1) is 9.80. The lowest BCUT2D eigenvalue weighted by Gasteiger charge is -2.32. The molecule has 2 unspecified atom stereocenters. The van der Waals surface area contributed by atoms with Gasteiger partial charge in [0.05, 0.1) is 12.7 Å². The van der Waals surface area contributed by atoms with Crippen molar-refractivity contribution in [2.24, 2.45) is 0 Å². The number of likely N-dealkylation sites (N-methyl/N-ethyl adjacent to an activating group) is 1. The highest BCUT2D eigenvalue weighted by Crippen LogP contribution is 2.06. The van der Waals surface area contributed by atoms with Crippen LogP contribution in [0.5, 0.6) is 0 Å². The number of alkyl carbamates (subject to hydrolysis) is 1. The summed E-state index contributed by atoms with van der Waals surface area (Å²) in [7, 11) is 0. The molecule has 0 radical (unpaired) electrons. The van der Waals surface area contributed by atoms with E-state index in [2.05, 4.69) is 22.5 Å². The van der Waals surface area contributed by atoms with Gasteiger partial charge in [-0.25, -0.2) is 4.79 Å². The second-order valence-electron chi connectivity index (χ2n) is 6.58. The first-order valence-corrected chi connectivity index (χ1v) is 7.84. The van der Waals surface area contributed by atoms with Crippen molar-refractivity contribution in [2.75, 3.05) is 39.3 Å². The van der Waals surface area contributed by atoms with Gasteiger partial charge in [-0.1, -0.05) is 6.92 Å².